The van der Waals surface area contributed by atoms with Crippen molar-refractivity contribution in [3.05, 3.63) is 53.1 Å². The molecule has 1 aromatic carbocycles. The maximum atomic E-state index is 10.8. The smallest absolute Gasteiger partial charge is 0.337 e. The number of hydrogen-bond donors (Lipinski definition) is 2. The highest BCUT2D eigenvalue weighted by molar-refractivity contribution is 6.34. The van der Waals surface area contributed by atoms with Crippen LogP contribution in [0.5, 0.6) is 0 Å². The third-order valence-electron chi connectivity index (χ3n) is 2.66. The number of carbonyl (C=O) groups excluding carboxylic acids is 1. The normalized spacial score (nSPS) is 10.1. The molecule has 1 aromatic rings. The highest BCUT2D eigenvalue weighted by Crippen LogP contribution is 2.32. The van der Waals surface area contributed by atoms with Gasteiger partial charge < -0.3 is 10.4 Å². The number of fused-ring (bicyclic) bond motifs is 1. The Balaban J connectivity index is 0.000000198. The molecule has 20 heavy (non-hydrogen) atoms. The lowest BCUT2D eigenvalue weighted by atomic mass is 10.2. The van der Waals surface area contributed by atoms with Gasteiger partial charge in [-0.3, -0.25) is 4.79 Å². The molecule has 5 heteroatoms. The molecule has 0 bridgehead atoms. The van der Waals surface area contributed by atoms with Crippen molar-refractivity contribution in [2.75, 3.05) is 5.32 Å². The van der Waals surface area contributed by atoms with E-state index in [1.54, 1.807) is 0 Å². The molecule has 0 spiro atoms. The minimum Gasteiger partial charge on any atom is -0.478 e. The van der Waals surface area contributed by atoms with Crippen molar-refractivity contribution in [2.45, 2.75) is 6.92 Å². The highest BCUT2D eigenvalue weighted by Gasteiger charge is 2.13. The van der Waals surface area contributed by atoms with E-state index >= 15 is 0 Å². The van der Waals surface area contributed by atoms with Gasteiger partial charge in [0.25, 0.3) is 0 Å². The predicted octanol–water partition coefficient (Wildman–Crippen LogP) is 3.66. The van der Waals surface area contributed by atoms with Crippen LogP contribution in [-0.4, -0.2) is 17.0 Å². The first-order valence-corrected chi connectivity index (χ1v) is 6.26. The van der Waals surface area contributed by atoms with Gasteiger partial charge >= 0.3 is 5.97 Å². The lowest BCUT2D eigenvalue weighted by molar-refractivity contribution is -0.114. The number of rotatable bonds is 2. The Morgan fingerprint density at radius 2 is 1.70 bits per heavy atom. The summed E-state index contributed by atoms with van der Waals surface area (Å²) in [5.74, 6) is -1.49. The highest BCUT2D eigenvalue weighted by atomic mass is 35.5. The van der Waals surface area contributed by atoms with Crippen LogP contribution in [0, 0.1) is 0 Å². The van der Waals surface area contributed by atoms with E-state index in [0.29, 0.717) is 0 Å². The molecule has 0 radical (unpaired) electrons. The molecule has 2 aliphatic rings. The molecule has 0 heterocycles. The van der Waals surface area contributed by atoms with Crippen LogP contribution in [0.1, 0.15) is 17.3 Å². The third-order valence-corrected chi connectivity index (χ3v) is 2.97. The fraction of sp³-hybridized carbons (Fsp3) is 0.0667. The number of aromatic carboxylic acids is 1. The first-order chi connectivity index (χ1) is 9.49. The van der Waals surface area contributed by atoms with Crippen LogP contribution < -0.4 is 5.32 Å². The number of nitrogens with one attached hydrogen (secondary N) is 1. The molecule has 0 saturated heterocycles. The molecule has 0 fully saturated rings. The fourth-order valence-corrected chi connectivity index (χ4v) is 1.90. The van der Waals surface area contributed by atoms with Gasteiger partial charge in [-0.05, 0) is 29.3 Å². The summed E-state index contributed by atoms with van der Waals surface area (Å²) in [7, 11) is 0. The SMILES string of the molecule is CC(=O)Nc1c(Cl)cccc1C(=O)O.c1cc2cc-2c1. The molecule has 0 unspecified atom stereocenters. The number of para-hydroxylation sites is 1. The number of benzene rings is 2. The van der Waals surface area contributed by atoms with Crippen molar-refractivity contribution < 1.29 is 14.7 Å². The molecule has 1 amide bonds. The predicted molar refractivity (Wildman–Crippen MR) is 78.2 cm³/mol. The van der Waals surface area contributed by atoms with Crippen LogP contribution in [0.25, 0.3) is 11.1 Å². The fourth-order valence-electron chi connectivity index (χ4n) is 1.68. The van der Waals surface area contributed by atoms with Crippen LogP contribution in [-0.2, 0) is 4.79 Å². The molecule has 2 N–H and O–H groups in total. The lowest BCUT2D eigenvalue weighted by Gasteiger charge is -2.07. The second-order valence-corrected chi connectivity index (χ2v) is 4.64. The van der Waals surface area contributed by atoms with Gasteiger partial charge in [-0.25, -0.2) is 4.79 Å². The average molecular weight is 290 g/mol. The summed E-state index contributed by atoms with van der Waals surface area (Å²) in [6.07, 6.45) is 0. The summed E-state index contributed by atoms with van der Waals surface area (Å²) in [5.41, 5.74) is 2.96. The van der Waals surface area contributed by atoms with Gasteiger partial charge in [0.1, 0.15) is 0 Å². The number of anilines is 1. The number of carboxylic acids is 1. The number of amides is 1. The van der Waals surface area contributed by atoms with Gasteiger partial charge in [0.2, 0.25) is 5.91 Å². The zero-order valence-electron chi connectivity index (χ0n) is 10.7. The summed E-state index contributed by atoms with van der Waals surface area (Å²) in [5, 5.41) is 11.4. The van der Waals surface area contributed by atoms with Gasteiger partial charge in [-0.1, -0.05) is 35.9 Å². The second kappa shape index (κ2) is 5.75. The molecule has 2 aliphatic carbocycles. The first kappa shape index (κ1) is 14.1. The maximum absolute atomic E-state index is 10.8. The quantitative estimate of drug-likeness (QED) is 0.756. The largest absolute Gasteiger partial charge is 0.478 e. The minimum atomic E-state index is -1.13. The van der Waals surface area contributed by atoms with E-state index in [-0.39, 0.29) is 22.2 Å². The summed E-state index contributed by atoms with van der Waals surface area (Å²) < 4.78 is 0. The Labute approximate surface area is 121 Å². The number of hydrogen-bond acceptors (Lipinski definition) is 2. The first-order valence-electron chi connectivity index (χ1n) is 5.89. The van der Waals surface area contributed by atoms with Crippen LogP contribution in [0.15, 0.2) is 42.5 Å². The summed E-state index contributed by atoms with van der Waals surface area (Å²) in [4.78, 5) is 21.5. The minimum absolute atomic E-state index is 0.0206. The molecule has 0 aromatic heterocycles. The number of carbonyl (C=O) groups is 2. The lowest BCUT2D eigenvalue weighted by Crippen LogP contribution is -2.11. The van der Waals surface area contributed by atoms with Gasteiger partial charge in [-0.15, -0.1) is 0 Å². The van der Waals surface area contributed by atoms with E-state index in [0.717, 1.165) is 0 Å². The molecule has 4 nitrogen and oxygen atoms in total. The van der Waals surface area contributed by atoms with Crippen molar-refractivity contribution in [3.8, 4) is 11.1 Å². The zero-order valence-corrected chi connectivity index (χ0v) is 11.4. The Morgan fingerprint density at radius 3 is 2.10 bits per heavy atom. The summed E-state index contributed by atoms with van der Waals surface area (Å²) >= 11 is 5.74. The molecule has 0 aliphatic heterocycles. The monoisotopic (exact) mass is 289 g/mol. The van der Waals surface area contributed by atoms with E-state index in [1.165, 1.54) is 36.2 Å². The second-order valence-electron chi connectivity index (χ2n) is 4.23. The van der Waals surface area contributed by atoms with E-state index in [9.17, 15) is 9.59 Å². The van der Waals surface area contributed by atoms with E-state index < -0.39 is 5.97 Å². The Kier molecular flexibility index (Phi) is 4.05. The molecular weight excluding hydrogens is 278 g/mol. The standard InChI is InChI=1S/C9H8ClNO3.C6H4/c1-5(12)11-8-6(9(13)14)3-2-4-7(8)10;1-2-5-4-6(5)3-1/h2-4H,1H3,(H,11,12)(H,13,14);1-4H. The molecular formula is C15H12ClNO3. The van der Waals surface area contributed by atoms with Gasteiger partial charge in [-0.2, -0.15) is 0 Å². The van der Waals surface area contributed by atoms with Crippen molar-refractivity contribution >= 4 is 29.2 Å². The zero-order chi connectivity index (χ0) is 14.7. The van der Waals surface area contributed by atoms with Crippen LogP contribution in [0.3, 0.4) is 0 Å². The van der Waals surface area contributed by atoms with Crippen molar-refractivity contribution in [1.29, 1.82) is 0 Å². The van der Waals surface area contributed by atoms with E-state index in [1.807, 2.05) is 0 Å². The summed E-state index contributed by atoms with van der Waals surface area (Å²) in [6, 6.07) is 12.9. The average Bonchev–Trinajstić information content (AvgIpc) is 2.98. The molecule has 102 valence electrons. The van der Waals surface area contributed by atoms with Crippen LogP contribution in [0.4, 0.5) is 5.69 Å². The van der Waals surface area contributed by atoms with Crippen molar-refractivity contribution in [2.24, 2.45) is 0 Å². The van der Waals surface area contributed by atoms with Crippen LogP contribution in [0.2, 0.25) is 5.02 Å². The molecule has 0 atom stereocenters. The van der Waals surface area contributed by atoms with Crippen LogP contribution >= 0.6 is 11.6 Å². The number of carboxylic acid groups (broad SMARTS) is 1. The van der Waals surface area contributed by atoms with E-state index in [2.05, 4.69) is 29.6 Å². The topological polar surface area (TPSA) is 66.4 Å². The Bertz CT molecular complexity index is 665. The summed E-state index contributed by atoms with van der Waals surface area (Å²) in [6.45, 7) is 1.29. The van der Waals surface area contributed by atoms with Gasteiger partial charge in [0, 0.05) is 6.92 Å². The molecule has 0 saturated carbocycles. The maximum Gasteiger partial charge on any atom is 0.337 e. The Morgan fingerprint density at radius 1 is 1.10 bits per heavy atom. The third kappa shape index (κ3) is 3.36. The molecule has 3 rings (SSSR count). The number of halogens is 1. The van der Waals surface area contributed by atoms with Crippen molar-refractivity contribution in [3.63, 3.8) is 0 Å². The van der Waals surface area contributed by atoms with Crippen molar-refractivity contribution in [1.82, 2.24) is 0 Å². The van der Waals surface area contributed by atoms with E-state index in [4.69, 9.17) is 16.7 Å². The van der Waals surface area contributed by atoms with Gasteiger partial charge in [0.05, 0.1) is 16.3 Å². The van der Waals surface area contributed by atoms with Gasteiger partial charge in [0.15, 0.2) is 0 Å². The Hall–Kier alpha value is -2.33.